The van der Waals surface area contributed by atoms with Gasteiger partial charge in [-0.05, 0) is 18.4 Å². The lowest BCUT2D eigenvalue weighted by molar-refractivity contribution is -0.0858. The van der Waals surface area contributed by atoms with E-state index in [-0.39, 0.29) is 25.4 Å². The molecule has 1 aromatic carbocycles. The van der Waals surface area contributed by atoms with E-state index in [0.29, 0.717) is 12.1 Å². The van der Waals surface area contributed by atoms with Gasteiger partial charge in [-0.2, -0.15) is 0 Å². The molecule has 0 amide bonds. The number of nitrogens with zero attached hydrogens (tertiary/aromatic N) is 1. The predicted molar refractivity (Wildman–Crippen MR) is 107 cm³/mol. The highest BCUT2D eigenvalue weighted by atomic mass is 16.5. The molecule has 6 heteroatoms. The van der Waals surface area contributed by atoms with Crippen molar-refractivity contribution in [2.45, 2.75) is 57.5 Å². The molecule has 3 rings (SSSR count). The summed E-state index contributed by atoms with van der Waals surface area (Å²) in [6.07, 6.45) is 2.17. The Morgan fingerprint density at radius 2 is 1.70 bits per heavy atom. The number of aliphatic hydroxyl groups excluding tert-OH is 2. The van der Waals surface area contributed by atoms with Crippen molar-refractivity contribution in [3.05, 3.63) is 35.9 Å². The summed E-state index contributed by atoms with van der Waals surface area (Å²) in [6.45, 7) is 8.57. The molecule has 0 bridgehead atoms. The number of rotatable bonds is 6. The van der Waals surface area contributed by atoms with Crippen LogP contribution in [-0.4, -0.2) is 78.9 Å². The average molecular weight is 381 g/mol. The van der Waals surface area contributed by atoms with Crippen LogP contribution in [0, 0.1) is 0 Å². The molecule has 2 fully saturated rings. The predicted octanol–water partition coefficient (Wildman–Crippen LogP) is 1.40. The highest BCUT2D eigenvalue weighted by Crippen LogP contribution is 2.17. The van der Waals surface area contributed by atoms with Crippen molar-refractivity contribution in [3.8, 4) is 0 Å². The van der Waals surface area contributed by atoms with Gasteiger partial charge in [0, 0.05) is 31.7 Å². The van der Waals surface area contributed by atoms with Gasteiger partial charge in [0.25, 0.3) is 0 Å². The van der Waals surface area contributed by atoms with Crippen molar-refractivity contribution in [1.82, 2.24) is 10.2 Å². The Balaban J connectivity index is 0.000000223. The first-order chi connectivity index (χ1) is 13.2. The van der Waals surface area contributed by atoms with Crippen molar-refractivity contribution in [2.75, 3.05) is 39.5 Å². The number of aliphatic hydroxyl groups is 2. The van der Waals surface area contributed by atoms with Crippen molar-refractivity contribution in [3.63, 3.8) is 0 Å². The first-order valence-corrected chi connectivity index (χ1v) is 10.2. The number of ether oxygens (including phenoxy) is 2. The van der Waals surface area contributed by atoms with Crippen LogP contribution in [0.2, 0.25) is 0 Å². The van der Waals surface area contributed by atoms with E-state index in [1.54, 1.807) is 0 Å². The molecule has 0 unspecified atom stereocenters. The molecule has 0 radical (unpaired) electrons. The van der Waals surface area contributed by atoms with Crippen LogP contribution in [0.5, 0.6) is 0 Å². The lowest BCUT2D eigenvalue weighted by Gasteiger charge is -2.38. The first kappa shape index (κ1) is 22.3. The molecule has 0 spiro atoms. The number of benzene rings is 1. The van der Waals surface area contributed by atoms with Gasteiger partial charge in [0.1, 0.15) is 0 Å². The molecule has 0 aromatic heterocycles. The van der Waals surface area contributed by atoms with Gasteiger partial charge in [-0.1, -0.05) is 44.2 Å². The van der Waals surface area contributed by atoms with E-state index in [2.05, 4.69) is 48.3 Å². The Hall–Kier alpha value is -1.02. The second-order valence-electron chi connectivity index (χ2n) is 7.27. The molecular weight excluding hydrogens is 344 g/mol. The largest absolute Gasteiger partial charge is 0.394 e. The normalized spacial score (nSPS) is 29.0. The summed E-state index contributed by atoms with van der Waals surface area (Å²) in [5.41, 5.74) is 1.32. The second kappa shape index (κ2) is 12.4. The Morgan fingerprint density at radius 3 is 2.26 bits per heavy atom. The minimum atomic E-state index is -0.0264. The van der Waals surface area contributed by atoms with Crippen LogP contribution in [0.25, 0.3) is 0 Å². The number of hydrogen-bond donors (Lipinski definition) is 3. The molecule has 2 heterocycles. The van der Waals surface area contributed by atoms with Gasteiger partial charge in [-0.15, -0.1) is 0 Å². The molecule has 4 atom stereocenters. The zero-order valence-electron chi connectivity index (χ0n) is 16.7. The number of nitrogens with one attached hydrogen (secondary N) is 1. The minimum absolute atomic E-state index is 0.0165. The summed E-state index contributed by atoms with van der Waals surface area (Å²) in [5.74, 6) is 0. The molecule has 0 aliphatic carbocycles. The van der Waals surface area contributed by atoms with Crippen LogP contribution < -0.4 is 5.32 Å². The molecule has 154 valence electrons. The highest BCUT2D eigenvalue weighted by Gasteiger charge is 2.27. The van der Waals surface area contributed by atoms with Gasteiger partial charge in [-0.25, -0.2) is 0 Å². The summed E-state index contributed by atoms with van der Waals surface area (Å²) >= 11 is 0. The molecule has 0 saturated carbocycles. The quantitative estimate of drug-likeness (QED) is 0.693. The molecule has 2 aliphatic rings. The SMILES string of the molecule is CC[C@@H]1CO[C@H](CO)CN1.CC[C@@H]1CO[C@H](CO)CN1Cc1ccccc1. The fourth-order valence-electron chi connectivity index (χ4n) is 3.36. The van der Waals surface area contributed by atoms with Gasteiger partial charge >= 0.3 is 0 Å². The highest BCUT2D eigenvalue weighted by molar-refractivity contribution is 5.14. The third kappa shape index (κ3) is 7.49. The van der Waals surface area contributed by atoms with E-state index < -0.39 is 0 Å². The Labute approximate surface area is 163 Å². The maximum Gasteiger partial charge on any atom is 0.0933 e. The summed E-state index contributed by atoms with van der Waals surface area (Å²) < 4.78 is 10.9. The van der Waals surface area contributed by atoms with Crippen molar-refractivity contribution >= 4 is 0 Å². The zero-order chi connectivity index (χ0) is 19.5. The van der Waals surface area contributed by atoms with Crippen LogP contribution in [0.4, 0.5) is 0 Å². The monoisotopic (exact) mass is 380 g/mol. The van der Waals surface area contributed by atoms with E-state index in [1.165, 1.54) is 5.56 Å². The third-order valence-corrected chi connectivity index (χ3v) is 5.25. The summed E-state index contributed by atoms with van der Waals surface area (Å²) in [4.78, 5) is 2.42. The van der Waals surface area contributed by atoms with Crippen molar-refractivity contribution in [2.24, 2.45) is 0 Å². The summed E-state index contributed by atoms with van der Waals surface area (Å²) in [6, 6.07) is 11.4. The maximum absolute atomic E-state index is 9.18. The van der Waals surface area contributed by atoms with E-state index in [4.69, 9.17) is 14.6 Å². The molecule has 1 aromatic rings. The third-order valence-electron chi connectivity index (χ3n) is 5.25. The zero-order valence-corrected chi connectivity index (χ0v) is 16.7. The molecule has 27 heavy (non-hydrogen) atoms. The standard InChI is InChI=1S/C14H21NO2.C7H15NO2/c1-2-13-11-17-14(10-16)9-15(13)8-12-6-4-3-5-7-12;1-2-6-5-10-7(4-9)3-8-6/h3-7,13-14,16H,2,8-11H2,1H3;6-9H,2-5H2,1H3/t13-,14+;6-,7+/m11/s1. The molecule has 2 aliphatic heterocycles. The minimum Gasteiger partial charge on any atom is -0.394 e. The van der Waals surface area contributed by atoms with Crippen LogP contribution >= 0.6 is 0 Å². The average Bonchev–Trinajstić information content (AvgIpc) is 2.75. The first-order valence-electron chi connectivity index (χ1n) is 10.2. The Bertz CT molecular complexity index is 482. The summed E-state index contributed by atoms with van der Waals surface area (Å²) in [7, 11) is 0. The molecule has 2 saturated heterocycles. The van der Waals surface area contributed by atoms with E-state index >= 15 is 0 Å². The van der Waals surface area contributed by atoms with Crippen LogP contribution in [-0.2, 0) is 16.0 Å². The molecule has 3 N–H and O–H groups in total. The fraction of sp³-hybridized carbons (Fsp3) is 0.714. The topological polar surface area (TPSA) is 74.2 Å². The lowest BCUT2D eigenvalue weighted by atomic mass is 10.1. The maximum atomic E-state index is 9.18. The van der Waals surface area contributed by atoms with Gasteiger partial charge in [0.2, 0.25) is 0 Å². The van der Waals surface area contributed by atoms with Crippen LogP contribution in [0.3, 0.4) is 0 Å². The van der Waals surface area contributed by atoms with Crippen LogP contribution in [0.15, 0.2) is 30.3 Å². The van der Waals surface area contributed by atoms with Crippen molar-refractivity contribution in [1.29, 1.82) is 0 Å². The Morgan fingerprint density at radius 1 is 1.00 bits per heavy atom. The van der Waals surface area contributed by atoms with Gasteiger partial charge in [-0.3, -0.25) is 4.90 Å². The Kier molecular flexibility index (Phi) is 10.3. The summed E-state index contributed by atoms with van der Waals surface area (Å²) in [5, 5.41) is 21.2. The van der Waals surface area contributed by atoms with Crippen LogP contribution in [0.1, 0.15) is 32.3 Å². The van der Waals surface area contributed by atoms with Gasteiger partial charge in [0.15, 0.2) is 0 Å². The van der Waals surface area contributed by atoms with Crippen molar-refractivity contribution < 1.29 is 19.7 Å². The van der Waals surface area contributed by atoms with E-state index in [1.807, 2.05) is 6.07 Å². The van der Waals surface area contributed by atoms with E-state index in [9.17, 15) is 5.11 Å². The number of morpholine rings is 2. The lowest BCUT2D eigenvalue weighted by Crippen LogP contribution is -2.49. The van der Waals surface area contributed by atoms with E-state index in [0.717, 1.165) is 45.7 Å². The smallest absolute Gasteiger partial charge is 0.0933 e. The molecular formula is C21H36N2O4. The fourth-order valence-corrected chi connectivity index (χ4v) is 3.36. The second-order valence-corrected chi connectivity index (χ2v) is 7.27. The number of hydrogen-bond acceptors (Lipinski definition) is 6. The molecule has 6 nitrogen and oxygen atoms in total. The van der Waals surface area contributed by atoms with Gasteiger partial charge < -0.3 is 25.0 Å². The van der Waals surface area contributed by atoms with Gasteiger partial charge in [0.05, 0.1) is 38.6 Å².